The predicted octanol–water partition coefficient (Wildman–Crippen LogP) is 1.89. The molecule has 142 valence electrons. The van der Waals surface area contributed by atoms with Crippen LogP contribution in [-0.4, -0.2) is 63.3 Å². The Morgan fingerprint density at radius 3 is 2.62 bits per heavy atom. The Balaban J connectivity index is 2.08. The summed E-state index contributed by atoms with van der Waals surface area (Å²) < 4.78 is 0. The van der Waals surface area contributed by atoms with Gasteiger partial charge in [0.1, 0.15) is 6.54 Å². The Hall–Kier alpha value is -2.49. The number of hydrogen-bond acceptors (Lipinski definition) is 6. The van der Waals surface area contributed by atoms with Crippen LogP contribution in [-0.2, 0) is 9.59 Å². The molecule has 0 radical (unpaired) electrons. The largest absolute Gasteiger partial charge is 0.480 e. The third-order valence-electron chi connectivity index (χ3n) is 4.43. The van der Waals surface area contributed by atoms with Crippen LogP contribution in [0.1, 0.15) is 40.7 Å². The van der Waals surface area contributed by atoms with Crippen molar-refractivity contribution in [1.29, 1.82) is 0 Å². The second kappa shape index (κ2) is 8.26. The van der Waals surface area contributed by atoms with Crippen LogP contribution in [0.4, 0.5) is 5.69 Å². The number of likely N-dealkylation sites (tertiary alicyclic amines) is 1. The SMILES string of the molecule is CC(=O)N(CC(=O)O)C1CCCN(C(=O)c2cc([N+](=O)[O-])c(C)s2)CC1. The van der Waals surface area contributed by atoms with Gasteiger partial charge < -0.3 is 14.9 Å². The molecular formula is C16H21N3O6S. The van der Waals surface area contributed by atoms with Gasteiger partial charge in [0.05, 0.1) is 14.7 Å². The van der Waals surface area contributed by atoms with Crippen molar-refractivity contribution in [3.05, 3.63) is 25.9 Å². The fourth-order valence-electron chi connectivity index (χ4n) is 3.15. The monoisotopic (exact) mass is 383 g/mol. The number of carbonyl (C=O) groups is 3. The van der Waals surface area contributed by atoms with E-state index in [1.165, 1.54) is 17.9 Å². The zero-order valence-corrected chi connectivity index (χ0v) is 15.5. The van der Waals surface area contributed by atoms with Crippen molar-refractivity contribution >= 4 is 34.8 Å². The van der Waals surface area contributed by atoms with Crippen LogP contribution in [0, 0.1) is 17.0 Å². The van der Waals surface area contributed by atoms with Gasteiger partial charge >= 0.3 is 5.97 Å². The average molecular weight is 383 g/mol. The highest BCUT2D eigenvalue weighted by Crippen LogP contribution is 2.29. The number of nitrogens with zero attached hydrogens (tertiary/aromatic N) is 3. The van der Waals surface area contributed by atoms with Crippen LogP contribution in [0.3, 0.4) is 0 Å². The van der Waals surface area contributed by atoms with Gasteiger partial charge in [0, 0.05) is 32.1 Å². The normalized spacial score (nSPS) is 17.5. The van der Waals surface area contributed by atoms with Crippen LogP contribution in [0.15, 0.2) is 6.07 Å². The van der Waals surface area contributed by atoms with Crippen molar-refractivity contribution in [2.24, 2.45) is 0 Å². The molecule has 9 nitrogen and oxygen atoms in total. The lowest BCUT2D eigenvalue weighted by Gasteiger charge is -2.28. The lowest BCUT2D eigenvalue weighted by molar-refractivity contribution is -0.385. The van der Waals surface area contributed by atoms with Crippen LogP contribution in [0.25, 0.3) is 0 Å². The van der Waals surface area contributed by atoms with Crippen molar-refractivity contribution in [3.63, 3.8) is 0 Å². The molecule has 2 heterocycles. The third-order valence-corrected chi connectivity index (χ3v) is 5.46. The molecule has 0 aliphatic carbocycles. The van der Waals surface area contributed by atoms with E-state index in [2.05, 4.69) is 0 Å². The molecule has 1 unspecified atom stereocenters. The summed E-state index contributed by atoms with van der Waals surface area (Å²) in [5.41, 5.74) is -0.0599. The van der Waals surface area contributed by atoms with Crippen LogP contribution in [0.2, 0.25) is 0 Å². The highest BCUT2D eigenvalue weighted by atomic mass is 32.1. The zero-order chi connectivity index (χ0) is 19.4. The molecule has 26 heavy (non-hydrogen) atoms. The number of amides is 2. The number of carbonyl (C=O) groups excluding carboxylic acids is 2. The van der Waals surface area contributed by atoms with Crippen molar-refractivity contribution in [2.45, 2.75) is 39.2 Å². The lowest BCUT2D eigenvalue weighted by Crippen LogP contribution is -2.43. The van der Waals surface area contributed by atoms with E-state index in [1.807, 2.05) is 0 Å². The maximum atomic E-state index is 12.7. The molecule has 10 heteroatoms. The molecule has 0 bridgehead atoms. The fourth-order valence-corrected chi connectivity index (χ4v) is 4.11. The summed E-state index contributed by atoms with van der Waals surface area (Å²) in [6.45, 7) is 3.43. The maximum absolute atomic E-state index is 12.7. The first-order chi connectivity index (χ1) is 12.2. The molecular weight excluding hydrogens is 362 g/mol. The Kier molecular flexibility index (Phi) is 6.30. The minimum absolute atomic E-state index is 0.0599. The summed E-state index contributed by atoms with van der Waals surface area (Å²) in [5, 5.41) is 19.9. The van der Waals surface area contributed by atoms with Gasteiger partial charge in [0.15, 0.2) is 0 Å². The molecule has 1 saturated heterocycles. The molecule has 1 atom stereocenters. The first-order valence-corrected chi connectivity index (χ1v) is 9.05. The average Bonchev–Trinajstić information content (AvgIpc) is 2.79. The molecule has 1 aliphatic rings. The minimum Gasteiger partial charge on any atom is -0.480 e. The lowest BCUT2D eigenvalue weighted by atomic mass is 10.1. The Bertz CT molecular complexity index is 732. The molecule has 1 N–H and O–H groups in total. The highest BCUT2D eigenvalue weighted by Gasteiger charge is 2.29. The Morgan fingerprint density at radius 1 is 1.38 bits per heavy atom. The van der Waals surface area contributed by atoms with Gasteiger partial charge in [-0.05, 0) is 26.2 Å². The highest BCUT2D eigenvalue weighted by molar-refractivity contribution is 7.14. The van der Waals surface area contributed by atoms with Gasteiger partial charge in [-0.15, -0.1) is 11.3 Å². The maximum Gasteiger partial charge on any atom is 0.323 e. The molecule has 1 aliphatic heterocycles. The molecule has 0 saturated carbocycles. The number of carboxylic acids is 1. The van der Waals surface area contributed by atoms with E-state index < -0.39 is 10.9 Å². The predicted molar refractivity (Wildman–Crippen MR) is 94.3 cm³/mol. The van der Waals surface area contributed by atoms with E-state index in [4.69, 9.17) is 5.11 Å². The Labute approximate surface area is 154 Å². The van der Waals surface area contributed by atoms with E-state index >= 15 is 0 Å². The van der Waals surface area contributed by atoms with Crippen LogP contribution in [0.5, 0.6) is 0 Å². The van der Waals surface area contributed by atoms with E-state index in [0.717, 1.165) is 11.3 Å². The smallest absolute Gasteiger partial charge is 0.323 e. The van der Waals surface area contributed by atoms with Crippen molar-refractivity contribution in [3.8, 4) is 0 Å². The van der Waals surface area contributed by atoms with Crippen LogP contribution >= 0.6 is 11.3 Å². The summed E-state index contributed by atoms with van der Waals surface area (Å²) >= 11 is 1.10. The van der Waals surface area contributed by atoms with Gasteiger partial charge in [0.25, 0.3) is 11.6 Å². The van der Waals surface area contributed by atoms with E-state index in [-0.39, 0.29) is 30.1 Å². The number of aryl methyl sites for hydroxylation is 1. The van der Waals surface area contributed by atoms with Gasteiger partial charge in [-0.1, -0.05) is 0 Å². The standard InChI is InChI=1S/C16H21N3O6S/c1-10-13(19(24)25)8-14(26-10)16(23)17-6-3-4-12(5-7-17)18(11(2)20)9-15(21)22/h8,12H,3-7,9H2,1-2H3,(H,21,22). The molecule has 0 aromatic carbocycles. The number of aliphatic carboxylic acids is 1. The van der Waals surface area contributed by atoms with Crippen molar-refractivity contribution in [2.75, 3.05) is 19.6 Å². The van der Waals surface area contributed by atoms with Crippen molar-refractivity contribution < 1.29 is 24.4 Å². The van der Waals surface area contributed by atoms with E-state index in [9.17, 15) is 24.5 Å². The zero-order valence-electron chi connectivity index (χ0n) is 14.6. The second-order valence-corrected chi connectivity index (χ2v) is 7.48. The molecule has 1 fully saturated rings. The summed E-state index contributed by atoms with van der Waals surface area (Å²) in [6, 6.07) is 1.07. The molecule has 2 amide bonds. The van der Waals surface area contributed by atoms with E-state index in [1.54, 1.807) is 11.8 Å². The first kappa shape index (κ1) is 19.8. The van der Waals surface area contributed by atoms with Gasteiger partial charge in [-0.25, -0.2) is 0 Å². The molecule has 0 spiro atoms. The number of rotatable bonds is 5. The number of thiophene rings is 1. The number of nitro groups is 1. The van der Waals surface area contributed by atoms with Crippen molar-refractivity contribution in [1.82, 2.24) is 9.80 Å². The molecule has 2 rings (SSSR count). The fraction of sp³-hybridized carbons (Fsp3) is 0.562. The third kappa shape index (κ3) is 4.57. The Morgan fingerprint density at radius 2 is 2.08 bits per heavy atom. The second-order valence-electron chi connectivity index (χ2n) is 6.23. The number of carboxylic acid groups (broad SMARTS) is 1. The van der Waals surface area contributed by atoms with Gasteiger partial charge in [-0.3, -0.25) is 24.5 Å². The van der Waals surface area contributed by atoms with E-state index in [0.29, 0.717) is 42.1 Å². The van der Waals surface area contributed by atoms with Gasteiger partial charge in [-0.2, -0.15) is 0 Å². The molecule has 1 aromatic heterocycles. The quantitative estimate of drug-likeness (QED) is 0.612. The topological polar surface area (TPSA) is 121 Å². The first-order valence-electron chi connectivity index (χ1n) is 8.23. The minimum atomic E-state index is -1.07. The molecule has 1 aromatic rings. The van der Waals surface area contributed by atoms with Crippen LogP contribution < -0.4 is 0 Å². The van der Waals surface area contributed by atoms with Gasteiger partial charge in [0.2, 0.25) is 5.91 Å². The summed E-state index contributed by atoms with van der Waals surface area (Å²) in [4.78, 5) is 49.6. The summed E-state index contributed by atoms with van der Waals surface area (Å²) in [7, 11) is 0. The summed E-state index contributed by atoms with van der Waals surface area (Å²) in [5.74, 6) is -1.64. The number of hydrogen-bond donors (Lipinski definition) is 1. The summed E-state index contributed by atoms with van der Waals surface area (Å²) in [6.07, 6.45) is 1.72.